The maximum Gasteiger partial charge on any atom is 0.230 e. The third-order valence-corrected chi connectivity index (χ3v) is 4.57. The maximum absolute atomic E-state index is 13.6. The van der Waals surface area contributed by atoms with Crippen molar-refractivity contribution in [2.45, 2.75) is 12.8 Å². The normalized spacial score (nSPS) is 10.6. The Bertz CT molecular complexity index is 848. The highest BCUT2D eigenvalue weighted by molar-refractivity contribution is 7.15. The van der Waals surface area contributed by atoms with Gasteiger partial charge in [-0.1, -0.05) is 41.9 Å². The zero-order chi connectivity index (χ0) is 16.9. The number of nitrogens with zero attached hydrogens (tertiary/aromatic N) is 1. The SMILES string of the molecule is O=C(Cc1ccccc1F)Nc1ncc(Cc2ccc(Cl)cc2)s1. The van der Waals surface area contributed by atoms with Gasteiger partial charge in [-0.3, -0.25) is 4.79 Å². The summed E-state index contributed by atoms with van der Waals surface area (Å²) < 4.78 is 13.6. The van der Waals surface area contributed by atoms with Gasteiger partial charge in [-0.15, -0.1) is 11.3 Å². The first-order valence-electron chi connectivity index (χ1n) is 7.32. The lowest BCUT2D eigenvalue weighted by Gasteiger charge is -2.03. The molecule has 0 saturated carbocycles. The number of aromatic nitrogens is 1. The van der Waals surface area contributed by atoms with E-state index < -0.39 is 0 Å². The predicted molar refractivity (Wildman–Crippen MR) is 95.1 cm³/mol. The fourth-order valence-electron chi connectivity index (χ4n) is 2.23. The van der Waals surface area contributed by atoms with Crippen LogP contribution in [-0.2, 0) is 17.6 Å². The van der Waals surface area contributed by atoms with Crippen LogP contribution in [0.15, 0.2) is 54.7 Å². The molecule has 3 rings (SSSR count). The largest absolute Gasteiger partial charge is 0.302 e. The molecule has 0 saturated heterocycles. The highest BCUT2D eigenvalue weighted by atomic mass is 35.5. The van der Waals surface area contributed by atoms with Crippen LogP contribution in [0.25, 0.3) is 0 Å². The van der Waals surface area contributed by atoms with Gasteiger partial charge in [-0.25, -0.2) is 9.37 Å². The van der Waals surface area contributed by atoms with E-state index in [1.54, 1.807) is 24.4 Å². The molecule has 0 spiro atoms. The molecule has 3 aromatic rings. The third-order valence-electron chi connectivity index (χ3n) is 3.40. The molecular formula is C18H14ClFN2OS. The topological polar surface area (TPSA) is 42.0 Å². The van der Waals surface area contributed by atoms with Crippen molar-refractivity contribution in [3.05, 3.63) is 81.6 Å². The van der Waals surface area contributed by atoms with Crippen molar-refractivity contribution in [1.29, 1.82) is 0 Å². The summed E-state index contributed by atoms with van der Waals surface area (Å²) in [7, 11) is 0. The van der Waals surface area contributed by atoms with E-state index in [0.29, 0.717) is 15.7 Å². The minimum absolute atomic E-state index is 0.0151. The molecular weight excluding hydrogens is 347 g/mol. The minimum Gasteiger partial charge on any atom is -0.302 e. The van der Waals surface area contributed by atoms with E-state index in [1.807, 2.05) is 24.3 Å². The molecule has 0 aliphatic rings. The summed E-state index contributed by atoms with van der Waals surface area (Å²) in [5.41, 5.74) is 1.49. The van der Waals surface area contributed by atoms with Gasteiger partial charge in [0.25, 0.3) is 0 Å². The lowest BCUT2D eigenvalue weighted by atomic mass is 10.1. The van der Waals surface area contributed by atoms with Crippen LogP contribution in [0.3, 0.4) is 0 Å². The van der Waals surface area contributed by atoms with Crippen LogP contribution < -0.4 is 5.32 Å². The lowest BCUT2D eigenvalue weighted by Crippen LogP contribution is -2.14. The molecule has 0 bridgehead atoms. The number of carbonyl (C=O) groups is 1. The van der Waals surface area contributed by atoms with Crippen LogP contribution in [0, 0.1) is 5.82 Å². The molecule has 24 heavy (non-hydrogen) atoms. The number of halogens is 2. The molecule has 0 fully saturated rings. The van der Waals surface area contributed by atoms with Gasteiger partial charge in [0, 0.05) is 22.5 Å². The molecule has 6 heteroatoms. The number of amides is 1. The smallest absolute Gasteiger partial charge is 0.230 e. The number of carbonyl (C=O) groups excluding carboxylic acids is 1. The van der Waals surface area contributed by atoms with Gasteiger partial charge >= 0.3 is 0 Å². The van der Waals surface area contributed by atoms with Crippen molar-refractivity contribution < 1.29 is 9.18 Å². The van der Waals surface area contributed by atoms with Crippen molar-refractivity contribution in [2.75, 3.05) is 5.32 Å². The zero-order valence-corrected chi connectivity index (χ0v) is 14.2. The Morgan fingerprint density at radius 3 is 2.67 bits per heavy atom. The van der Waals surface area contributed by atoms with Gasteiger partial charge in [-0.2, -0.15) is 0 Å². The Labute approximate surface area is 148 Å². The summed E-state index contributed by atoms with van der Waals surface area (Å²) >= 11 is 7.27. The molecule has 0 aliphatic heterocycles. The van der Waals surface area contributed by atoms with Crippen LogP contribution in [0.2, 0.25) is 5.02 Å². The first kappa shape index (κ1) is 16.6. The van der Waals surface area contributed by atoms with Crippen LogP contribution in [0.4, 0.5) is 9.52 Å². The van der Waals surface area contributed by atoms with Gasteiger partial charge in [0.2, 0.25) is 5.91 Å². The summed E-state index contributed by atoms with van der Waals surface area (Å²) in [6, 6.07) is 13.8. The van der Waals surface area contributed by atoms with E-state index in [9.17, 15) is 9.18 Å². The lowest BCUT2D eigenvalue weighted by molar-refractivity contribution is -0.115. The highest BCUT2D eigenvalue weighted by Crippen LogP contribution is 2.22. The molecule has 3 nitrogen and oxygen atoms in total. The molecule has 0 radical (unpaired) electrons. The standard InChI is InChI=1S/C18H14ClFN2OS/c19-14-7-5-12(6-8-14)9-15-11-21-18(24-15)22-17(23)10-13-3-1-2-4-16(13)20/h1-8,11H,9-10H2,(H,21,22,23). The minimum atomic E-state index is -0.379. The van der Waals surface area contributed by atoms with Crippen LogP contribution in [0.1, 0.15) is 16.0 Å². The molecule has 1 amide bonds. The molecule has 122 valence electrons. The van der Waals surface area contributed by atoms with Gasteiger partial charge in [0.15, 0.2) is 5.13 Å². The second-order valence-corrected chi connectivity index (χ2v) is 6.80. The van der Waals surface area contributed by atoms with E-state index in [4.69, 9.17) is 11.6 Å². The van der Waals surface area contributed by atoms with Crippen molar-refractivity contribution in [2.24, 2.45) is 0 Å². The number of anilines is 1. The number of hydrogen-bond acceptors (Lipinski definition) is 3. The average molecular weight is 361 g/mol. The van der Waals surface area contributed by atoms with Gasteiger partial charge < -0.3 is 5.32 Å². The second kappa shape index (κ2) is 7.55. The molecule has 0 unspecified atom stereocenters. The van der Waals surface area contributed by atoms with E-state index in [-0.39, 0.29) is 18.1 Å². The van der Waals surface area contributed by atoms with Crippen molar-refractivity contribution in [3.8, 4) is 0 Å². The maximum atomic E-state index is 13.6. The summed E-state index contributed by atoms with van der Waals surface area (Å²) in [6.45, 7) is 0. The number of nitrogens with one attached hydrogen (secondary N) is 1. The molecule has 1 heterocycles. The molecule has 0 aliphatic carbocycles. The number of rotatable bonds is 5. The number of thiazole rings is 1. The van der Waals surface area contributed by atoms with Crippen molar-refractivity contribution in [1.82, 2.24) is 4.98 Å². The Morgan fingerprint density at radius 1 is 1.17 bits per heavy atom. The Balaban J connectivity index is 1.60. The zero-order valence-electron chi connectivity index (χ0n) is 12.6. The van der Waals surface area contributed by atoms with Gasteiger partial charge in [0.1, 0.15) is 5.82 Å². The van der Waals surface area contributed by atoms with E-state index >= 15 is 0 Å². The number of hydrogen-bond donors (Lipinski definition) is 1. The predicted octanol–water partition coefficient (Wildman–Crippen LogP) is 4.71. The van der Waals surface area contributed by atoms with E-state index in [2.05, 4.69) is 10.3 Å². The summed E-state index contributed by atoms with van der Waals surface area (Å²) in [6.07, 6.45) is 2.44. The summed E-state index contributed by atoms with van der Waals surface area (Å²) in [5, 5.41) is 3.93. The van der Waals surface area contributed by atoms with E-state index in [0.717, 1.165) is 16.9 Å². The summed E-state index contributed by atoms with van der Waals surface area (Å²) in [4.78, 5) is 17.2. The fourth-order valence-corrected chi connectivity index (χ4v) is 3.22. The quantitative estimate of drug-likeness (QED) is 0.716. The van der Waals surface area contributed by atoms with Crippen LogP contribution in [-0.4, -0.2) is 10.9 Å². The fraction of sp³-hybridized carbons (Fsp3) is 0.111. The Kier molecular flexibility index (Phi) is 5.23. The molecule has 1 N–H and O–H groups in total. The molecule has 0 atom stereocenters. The van der Waals surface area contributed by atoms with Crippen molar-refractivity contribution in [3.63, 3.8) is 0 Å². The first-order valence-corrected chi connectivity index (χ1v) is 8.52. The Morgan fingerprint density at radius 2 is 1.92 bits per heavy atom. The van der Waals surface area contributed by atoms with Crippen LogP contribution >= 0.6 is 22.9 Å². The van der Waals surface area contributed by atoms with Gasteiger partial charge in [0.05, 0.1) is 6.42 Å². The average Bonchev–Trinajstić information content (AvgIpc) is 2.99. The molecule has 2 aromatic carbocycles. The van der Waals surface area contributed by atoms with E-state index in [1.165, 1.54) is 17.4 Å². The third kappa shape index (κ3) is 4.40. The first-order chi connectivity index (χ1) is 11.6. The van der Waals surface area contributed by atoms with Gasteiger partial charge in [-0.05, 0) is 29.3 Å². The van der Waals surface area contributed by atoms with Crippen LogP contribution in [0.5, 0.6) is 0 Å². The highest BCUT2D eigenvalue weighted by Gasteiger charge is 2.10. The number of benzene rings is 2. The Hall–Kier alpha value is -2.24. The van der Waals surface area contributed by atoms with Crippen molar-refractivity contribution >= 4 is 34.0 Å². The summed E-state index contributed by atoms with van der Waals surface area (Å²) in [5.74, 6) is -0.664. The monoisotopic (exact) mass is 360 g/mol. The molecule has 1 aromatic heterocycles. The second-order valence-electron chi connectivity index (χ2n) is 5.25.